The Hall–Kier alpha value is -2.05. The van der Waals surface area contributed by atoms with Crippen LogP contribution in [0.25, 0.3) is 0 Å². The maximum Gasteiger partial charge on any atom is 0.474 e. The van der Waals surface area contributed by atoms with Gasteiger partial charge < -0.3 is 0 Å². The molecule has 22 heavy (non-hydrogen) atoms. The fourth-order valence-electron chi connectivity index (χ4n) is 2.23. The predicted octanol–water partition coefficient (Wildman–Crippen LogP) is 3.32. The first kappa shape index (κ1) is 16.3. The Kier molecular flexibility index (Phi) is 5.41. The van der Waals surface area contributed by atoms with Gasteiger partial charge in [0.05, 0.1) is 0 Å². The number of pyridine rings is 2. The van der Waals surface area contributed by atoms with Gasteiger partial charge in [0.2, 0.25) is 0 Å². The van der Waals surface area contributed by atoms with Gasteiger partial charge in [-0.05, 0) is 52.0 Å². The first-order chi connectivity index (χ1) is 10.4. The lowest BCUT2D eigenvalue weighted by Gasteiger charge is -1.97. The molecule has 0 fully saturated rings. The van der Waals surface area contributed by atoms with Gasteiger partial charge in [0.15, 0.2) is 0 Å². The summed E-state index contributed by atoms with van der Waals surface area (Å²) in [6, 6.07) is 8.07. The number of rotatable bonds is 0. The van der Waals surface area contributed by atoms with Crippen LogP contribution in [0.2, 0.25) is 5.79 Å². The standard InChI is InChI=1S/2C9H8N.CH3.Al/c2*1-4-9-5-7(2)10-8(3)6-9;;/h2*5-6H,2-3H3;1H3;. The highest BCUT2D eigenvalue weighted by molar-refractivity contribution is 6.74. The smallest absolute Gasteiger partial charge is 0.258 e. The molecule has 0 atom stereocenters. The van der Waals surface area contributed by atoms with Crippen molar-refractivity contribution in [3.8, 4) is 21.4 Å². The highest BCUT2D eigenvalue weighted by Gasteiger charge is 2.03. The molecule has 2 nitrogen and oxygen atoms in total. The van der Waals surface area contributed by atoms with E-state index in [1.54, 1.807) is 0 Å². The second-order valence-electron chi connectivity index (χ2n) is 5.54. The normalized spacial score (nSPS) is 9.32. The van der Waals surface area contributed by atoms with E-state index in [4.69, 9.17) is 0 Å². The third kappa shape index (κ3) is 5.05. The van der Waals surface area contributed by atoms with Crippen molar-refractivity contribution < 1.29 is 0 Å². The van der Waals surface area contributed by atoms with Gasteiger partial charge in [-0.3, -0.25) is 9.97 Å². The molecule has 2 heterocycles. The lowest BCUT2D eigenvalue weighted by molar-refractivity contribution is 1.12. The fourth-order valence-corrected chi connectivity index (χ4v) is 3.07. The van der Waals surface area contributed by atoms with Gasteiger partial charge in [-0.25, -0.2) is 0 Å². The van der Waals surface area contributed by atoms with Gasteiger partial charge in [-0.15, -0.1) is 0 Å². The molecule has 0 spiro atoms. The van der Waals surface area contributed by atoms with Crippen molar-refractivity contribution in [2.75, 3.05) is 0 Å². The third-order valence-electron chi connectivity index (χ3n) is 3.03. The van der Waals surface area contributed by atoms with Crippen LogP contribution in [0.1, 0.15) is 33.9 Å². The van der Waals surface area contributed by atoms with Crippen LogP contribution >= 0.6 is 0 Å². The number of nitrogens with zero attached hydrogens (tertiary/aromatic N) is 2. The zero-order valence-electron chi connectivity index (χ0n) is 13.8. The van der Waals surface area contributed by atoms with Crippen LogP contribution in [-0.2, 0) is 0 Å². The first-order valence-electron chi connectivity index (χ1n) is 7.36. The SMILES string of the molecule is Cc1cc(C#[C][Al]([CH3])[C]#Cc2cc(C)nc(C)c2)cc(C)n1. The molecule has 108 valence electrons. The van der Waals surface area contributed by atoms with Gasteiger partial charge in [0.25, 0.3) is 0 Å². The number of aromatic nitrogens is 2. The summed E-state index contributed by atoms with van der Waals surface area (Å²) in [6.07, 6.45) is 0. The molecule has 0 aliphatic carbocycles. The summed E-state index contributed by atoms with van der Waals surface area (Å²) in [6.45, 7) is 7.97. The van der Waals surface area contributed by atoms with Gasteiger partial charge in [-0.1, -0.05) is 17.6 Å². The van der Waals surface area contributed by atoms with E-state index in [1.165, 1.54) is 0 Å². The summed E-state index contributed by atoms with van der Waals surface area (Å²) < 4.78 is 0. The molecule has 0 unspecified atom stereocenters. The molecule has 0 aromatic carbocycles. The van der Waals surface area contributed by atoms with Crippen LogP contribution in [0.4, 0.5) is 0 Å². The number of hydrogen-bond donors (Lipinski definition) is 0. The Morgan fingerprint density at radius 2 is 1.00 bits per heavy atom. The summed E-state index contributed by atoms with van der Waals surface area (Å²) in [5, 5.41) is 0. The molecule has 0 radical (unpaired) electrons. The monoisotopic (exact) mass is 302 g/mol. The maximum atomic E-state index is 4.36. The summed E-state index contributed by atoms with van der Waals surface area (Å²) >= 11 is -1.37. The minimum Gasteiger partial charge on any atom is -0.258 e. The molecule has 2 aromatic heterocycles. The minimum atomic E-state index is -1.37. The van der Waals surface area contributed by atoms with E-state index in [1.807, 2.05) is 52.0 Å². The van der Waals surface area contributed by atoms with E-state index in [9.17, 15) is 0 Å². The van der Waals surface area contributed by atoms with E-state index in [0.29, 0.717) is 0 Å². The van der Waals surface area contributed by atoms with E-state index >= 15 is 0 Å². The molecule has 0 amide bonds. The van der Waals surface area contributed by atoms with Crippen molar-refractivity contribution in [3.05, 3.63) is 58.2 Å². The third-order valence-corrected chi connectivity index (χ3v) is 4.18. The highest BCUT2D eigenvalue weighted by Crippen LogP contribution is 2.04. The Balaban J connectivity index is 2.16. The van der Waals surface area contributed by atoms with Crippen LogP contribution in [0.3, 0.4) is 0 Å². The molecule has 0 N–H and O–H groups in total. The summed E-state index contributed by atoms with van der Waals surface area (Å²) in [5.74, 6) is 8.64. The van der Waals surface area contributed by atoms with Crippen molar-refractivity contribution in [3.63, 3.8) is 0 Å². The van der Waals surface area contributed by atoms with E-state index in [2.05, 4.69) is 37.2 Å². The average molecular weight is 302 g/mol. The first-order valence-corrected chi connectivity index (χ1v) is 9.67. The van der Waals surface area contributed by atoms with Crippen molar-refractivity contribution >= 4 is 14.1 Å². The van der Waals surface area contributed by atoms with Crippen LogP contribution in [-0.4, -0.2) is 24.1 Å². The van der Waals surface area contributed by atoms with Crippen LogP contribution < -0.4 is 0 Å². The molecular formula is C19H19AlN2. The molecule has 0 bridgehead atoms. The van der Waals surface area contributed by atoms with Gasteiger partial charge in [0, 0.05) is 33.9 Å². The lowest BCUT2D eigenvalue weighted by atomic mass is 10.2. The number of hydrogen-bond acceptors (Lipinski definition) is 2. The number of aryl methyl sites for hydroxylation is 4. The molecular weight excluding hydrogens is 283 g/mol. The van der Waals surface area contributed by atoms with Crippen molar-refractivity contribution in [2.45, 2.75) is 33.5 Å². The van der Waals surface area contributed by atoms with E-state index in [-0.39, 0.29) is 0 Å². The molecule has 0 aliphatic rings. The van der Waals surface area contributed by atoms with Crippen molar-refractivity contribution in [2.24, 2.45) is 0 Å². The Bertz CT molecular complexity index is 707. The molecule has 0 saturated heterocycles. The average Bonchev–Trinajstić information content (AvgIpc) is 2.41. The lowest BCUT2D eigenvalue weighted by Crippen LogP contribution is -2.00. The van der Waals surface area contributed by atoms with Crippen LogP contribution in [0, 0.1) is 49.1 Å². The summed E-state index contributed by atoms with van der Waals surface area (Å²) in [5.41, 5.74) is 6.09. The Labute approximate surface area is 137 Å². The summed E-state index contributed by atoms with van der Waals surface area (Å²) in [7, 11) is 0. The zero-order chi connectivity index (χ0) is 16.1. The second kappa shape index (κ2) is 7.29. The highest BCUT2D eigenvalue weighted by atomic mass is 27.2. The second-order valence-corrected chi connectivity index (χ2v) is 7.56. The van der Waals surface area contributed by atoms with Crippen LogP contribution in [0.5, 0.6) is 0 Å². The molecule has 2 rings (SSSR count). The van der Waals surface area contributed by atoms with Gasteiger partial charge in [0.1, 0.15) is 0 Å². The largest absolute Gasteiger partial charge is 0.474 e. The zero-order valence-corrected chi connectivity index (χ0v) is 14.9. The van der Waals surface area contributed by atoms with E-state index in [0.717, 1.165) is 33.9 Å². The van der Waals surface area contributed by atoms with E-state index < -0.39 is 14.1 Å². The Morgan fingerprint density at radius 3 is 1.32 bits per heavy atom. The predicted molar refractivity (Wildman–Crippen MR) is 92.8 cm³/mol. The Morgan fingerprint density at radius 1 is 0.682 bits per heavy atom. The molecule has 2 aromatic rings. The van der Waals surface area contributed by atoms with Crippen molar-refractivity contribution in [1.29, 1.82) is 0 Å². The minimum absolute atomic E-state index is 1.01. The quantitative estimate of drug-likeness (QED) is 0.551. The van der Waals surface area contributed by atoms with Gasteiger partial charge in [-0.2, -0.15) is 9.56 Å². The maximum absolute atomic E-state index is 4.36. The fraction of sp³-hybridized carbons (Fsp3) is 0.263. The van der Waals surface area contributed by atoms with Crippen molar-refractivity contribution in [1.82, 2.24) is 9.97 Å². The topological polar surface area (TPSA) is 25.8 Å². The van der Waals surface area contributed by atoms with Gasteiger partial charge >= 0.3 is 14.1 Å². The molecule has 3 heteroatoms. The molecule has 0 saturated carbocycles. The molecule has 0 aliphatic heterocycles. The summed E-state index contributed by atoms with van der Waals surface area (Å²) in [4.78, 5) is 15.4. The van der Waals surface area contributed by atoms with Crippen LogP contribution in [0.15, 0.2) is 24.3 Å².